The standard InChI is InChI=1S/C15H11ClF3NO/c1-9-4-2-3-5-13(9)14(21)20-12-7-10(15(17,18)19)6-11(16)8-12/h2-8H,1H3,(H,20,21). The molecule has 2 aromatic carbocycles. The van der Waals surface area contributed by atoms with Gasteiger partial charge in [-0.1, -0.05) is 29.8 Å². The fraction of sp³-hybridized carbons (Fsp3) is 0.133. The first kappa shape index (κ1) is 15.4. The van der Waals surface area contributed by atoms with Gasteiger partial charge in [0, 0.05) is 16.3 Å². The van der Waals surface area contributed by atoms with E-state index in [9.17, 15) is 18.0 Å². The van der Waals surface area contributed by atoms with Crippen LogP contribution in [-0.4, -0.2) is 5.91 Å². The molecule has 0 saturated carbocycles. The monoisotopic (exact) mass is 313 g/mol. The minimum atomic E-state index is -4.52. The molecule has 1 N–H and O–H groups in total. The summed E-state index contributed by atoms with van der Waals surface area (Å²) in [7, 11) is 0. The molecular weight excluding hydrogens is 303 g/mol. The van der Waals surface area contributed by atoms with Gasteiger partial charge in [-0.15, -0.1) is 0 Å². The van der Waals surface area contributed by atoms with Crippen LogP contribution in [0.1, 0.15) is 21.5 Å². The number of anilines is 1. The molecular formula is C15H11ClF3NO. The second-order valence-electron chi connectivity index (χ2n) is 4.50. The van der Waals surface area contributed by atoms with Gasteiger partial charge in [0.05, 0.1) is 5.56 Å². The van der Waals surface area contributed by atoms with Crippen molar-refractivity contribution in [2.24, 2.45) is 0 Å². The third-order valence-corrected chi connectivity index (χ3v) is 3.09. The van der Waals surface area contributed by atoms with Crippen LogP contribution >= 0.6 is 11.6 Å². The van der Waals surface area contributed by atoms with Crippen LogP contribution in [-0.2, 0) is 6.18 Å². The molecule has 0 aromatic heterocycles. The maximum absolute atomic E-state index is 12.7. The van der Waals surface area contributed by atoms with Crippen molar-refractivity contribution in [3.63, 3.8) is 0 Å². The molecule has 0 spiro atoms. The molecule has 2 rings (SSSR count). The highest BCUT2D eigenvalue weighted by molar-refractivity contribution is 6.31. The Bertz CT molecular complexity index is 683. The lowest BCUT2D eigenvalue weighted by molar-refractivity contribution is -0.137. The van der Waals surface area contributed by atoms with Crippen molar-refractivity contribution in [3.05, 3.63) is 64.2 Å². The third kappa shape index (κ3) is 3.76. The Morgan fingerprint density at radius 3 is 2.43 bits per heavy atom. The van der Waals surface area contributed by atoms with Crippen molar-refractivity contribution < 1.29 is 18.0 Å². The molecule has 0 atom stereocenters. The zero-order valence-corrected chi connectivity index (χ0v) is 11.7. The molecule has 21 heavy (non-hydrogen) atoms. The number of aryl methyl sites for hydroxylation is 1. The van der Waals surface area contributed by atoms with Gasteiger partial charge >= 0.3 is 6.18 Å². The number of benzene rings is 2. The second-order valence-corrected chi connectivity index (χ2v) is 4.93. The molecule has 0 radical (unpaired) electrons. The normalized spacial score (nSPS) is 11.3. The lowest BCUT2D eigenvalue weighted by Crippen LogP contribution is -2.14. The fourth-order valence-electron chi connectivity index (χ4n) is 1.85. The van der Waals surface area contributed by atoms with E-state index in [4.69, 9.17) is 11.6 Å². The van der Waals surface area contributed by atoms with Crippen LogP contribution in [0.5, 0.6) is 0 Å². The highest BCUT2D eigenvalue weighted by atomic mass is 35.5. The molecule has 0 fully saturated rings. The Hall–Kier alpha value is -2.01. The molecule has 6 heteroatoms. The van der Waals surface area contributed by atoms with Gasteiger partial charge in [0.2, 0.25) is 0 Å². The smallest absolute Gasteiger partial charge is 0.322 e. The average Bonchev–Trinajstić information content (AvgIpc) is 2.37. The molecule has 110 valence electrons. The highest BCUT2D eigenvalue weighted by Crippen LogP contribution is 2.33. The first-order valence-electron chi connectivity index (χ1n) is 6.02. The van der Waals surface area contributed by atoms with Gasteiger partial charge < -0.3 is 5.32 Å². The van der Waals surface area contributed by atoms with Crippen LogP contribution in [0.4, 0.5) is 18.9 Å². The van der Waals surface area contributed by atoms with Gasteiger partial charge in [-0.05, 0) is 36.8 Å². The summed E-state index contributed by atoms with van der Waals surface area (Å²) in [5.74, 6) is -0.483. The van der Waals surface area contributed by atoms with E-state index in [1.807, 2.05) is 0 Å². The number of nitrogens with one attached hydrogen (secondary N) is 1. The molecule has 0 unspecified atom stereocenters. The van der Waals surface area contributed by atoms with E-state index in [0.29, 0.717) is 5.56 Å². The van der Waals surface area contributed by atoms with E-state index in [1.54, 1.807) is 31.2 Å². The van der Waals surface area contributed by atoms with Crippen molar-refractivity contribution in [1.82, 2.24) is 0 Å². The molecule has 0 aliphatic rings. The summed E-state index contributed by atoms with van der Waals surface area (Å²) in [6.07, 6.45) is -4.52. The lowest BCUT2D eigenvalue weighted by Gasteiger charge is -2.11. The van der Waals surface area contributed by atoms with Crippen molar-refractivity contribution in [2.75, 3.05) is 5.32 Å². The lowest BCUT2D eigenvalue weighted by atomic mass is 10.1. The van der Waals surface area contributed by atoms with Gasteiger partial charge in [-0.3, -0.25) is 4.79 Å². The SMILES string of the molecule is Cc1ccccc1C(=O)Nc1cc(Cl)cc(C(F)(F)F)c1. The van der Waals surface area contributed by atoms with Crippen LogP contribution in [0.3, 0.4) is 0 Å². The first-order valence-corrected chi connectivity index (χ1v) is 6.40. The number of halogens is 4. The van der Waals surface area contributed by atoms with Gasteiger partial charge in [-0.2, -0.15) is 13.2 Å². The Morgan fingerprint density at radius 2 is 1.81 bits per heavy atom. The van der Waals surface area contributed by atoms with Crippen molar-refractivity contribution in [2.45, 2.75) is 13.1 Å². The number of hydrogen-bond donors (Lipinski definition) is 1. The maximum atomic E-state index is 12.7. The summed E-state index contributed by atoms with van der Waals surface area (Å²) < 4.78 is 38.1. The van der Waals surface area contributed by atoms with Crippen LogP contribution in [0.25, 0.3) is 0 Å². The Kier molecular flexibility index (Phi) is 4.23. The fourth-order valence-corrected chi connectivity index (χ4v) is 2.09. The van der Waals surface area contributed by atoms with E-state index in [0.717, 1.165) is 17.7 Å². The summed E-state index contributed by atoms with van der Waals surface area (Å²) in [6, 6.07) is 9.72. The number of amides is 1. The van der Waals surface area contributed by atoms with Crippen molar-refractivity contribution in [1.29, 1.82) is 0 Å². The number of rotatable bonds is 2. The summed E-state index contributed by atoms with van der Waals surface area (Å²) >= 11 is 5.67. The van der Waals surface area contributed by atoms with Crippen molar-refractivity contribution in [3.8, 4) is 0 Å². The van der Waals surface area contributed by atoms with Crippen LogP contribution in [0, 0.1) is 6.92 Å². The van der Waals surface area contributed by atoms with Crippen LogP contribution in [0.2, 0.25) is 5.02 Å². The van der Waals surface area contributed by atoms with Crippen LogP contribution in [0.15, 0.2) is 42.5 Å². The molecule has 0 aliphatic carbocycles. The van der Waals surface area contributed by atoms with E-state index >= 15 is 0 Å². The molecule has 2 nitrogen and oxygen atoms in total. The molecule has 0 saturated heterocycles. The Balaban J connectivity index is 2.30. The van der Waals surface area contributed by atoms with Gasteiger partial charge in [0.15, 0.2) is 0 Å². The van der Waals surface area contributed by atoms with Gasteiger partial charge in [-0.25, -0.2) is 0 Å². The minimum absolute atomic E-state index is 0.00285. The highest BCUT2D eigenvalue weighted by Gasteiger charge is 2.31. The molecule has 1 amide bonds. The zero-order chi connectivity index (χ0) is 15.6. The summed E-state index contributed by atoms with van der Waals surface area (Å²) in [4.78, 5) is 12.1. The molecule has 0 heterocycles. The molecule has 2 aromatic rings. The summed E-state index contributed by atoms with van der Waals surface area (Å²) in [5, 5.41) is 2.34. The molecule has 0 bridgehead atoms. The molecule has 0 aliphatic heterocycles. The number of hydrogen-bond acceptors (Lipinski definition) is 1. The second kappa shape index (κ2) is 5.77. The topological polar surface area (TPSA) is 29.1 Å². The summed E-state index contributed by atoms with van der Waals surface area (Å²) in [6.45, 7) is 1.74. The number of alkyl halides is 3. The largest absolute Gasteiger partial charge is 0.416 e. The predicted molar refractivity (Wildman–Crippen MR) is 75.6 cm³/mol. The third-order valence-electron chi connectivity index (χ3n) is 2.87. The number of carbonyl (C=O) groups is 1. The van der Waals surface area contributed by atoms with E-state index in [-0.39, 0.29) is 10.7 Å². The predicted octanol–water partition coefficient (Wildman–Crippen LogP) is 4.92. The van der Waals surface area contributed by atoms with Gasteiger partial charge in [0.25, 0.3) is 5.91 Å². The van der Waals surface area contributed by atoms with E-state index in [2.05, 4.69) is 5.32 Å². The minimum Gasteiger partial charge on any atom is -0.322 e. The van der Waals surface area contributed by atoms with Crippen LogP contribution < -0.4 is 5.32 Å². The van der Waals surface area contributed by atoms with E-state index in [1.165, 1.54) is 6.07 Å². The number of carbonyl (C=O) groups excluding carboxylic acids is 1. The quantitative estimate of drug-likeness (QED) is 0.837. The Labute approximate surface area is 124 Å². The average molecular weight is 314 g/mol. The van der Waals surface area contributed by atoms with E-state index < -0.39 is 17.6 Å². The van der Waals surface area contributed by atoms with Crippen molar-refractivity contribution >= 4 is 23.2 Å². The maximum Gasteiger partial charge on any atom is 0.416 e. The Morgan fingerprint density at radius 1 is 1.14 bits per heavy atom. The van der Waals surface area contributed by atoms with Gasteiger partial charge in [0.1, 0.15) is 0 Å². The summed E-state index contributed by atoms with van der Waals surface area (Å²) in [5.41, 5.74) is 0.220. The zero-order valence-electron chi connectivity index (χ0n) is 11.0. The first-order chi connectivity index (χ1) is 9.77.